The Hall–Kier alpha value is -1.83. The number of aromatic hydroxyl groups is 1. The van der Waals surface area contributed by atoms with Crippen LogP contribution in [0.3, 0.4) is 0 Å². The van der Waals surface area contributed by atoms with Crippen LogP contribution in [-0.2, 0) is 23.0 Å². The molecule has 0 atom stereocenters. The second kappa shape index (κ2) is 6.75. The van der Waals surface area contributed by atoms with Gasteiger partial charge in [0.2, 0.25) is 5.09 Å². The van der Waals surface area contributed by atoms with E-state index < -0.39 is 10.0 Å². The molecular weight excluding hydrogens is 292 g/mol. The minimum absolute atomic E-state index is 0.0830. The number of rotatable bonds is 7. The Morgan fingerprint density at radius 3 is 2.52 bits per heavy atom. The van der Waals surface area contributed by atoms with Crippen LogP contribution in [-0.4, -0.2) is 27.1 Å². The largest absolute Gasteiger partial charge is 0.508 e. The Morgan fingerprint density at radius 2 is 1.86 bits per heavy atom. The molecule has 0 amide bonds. The van der Waals surface area contributed by atoms with Gasteiger partial charge in [0.25, 0.3) is 10.0 Å². The van der Waals surface area contributed by atoms with Crippen molar-refractivity contribution in [2.45, 2.75) is 18.1 Å². The van der Waals surface area contributed by atoms with E-state index in [2.05, 4.69) is 10.0 Å². The van der Waals surface area contributed by atoms with Gasteiger partial charge in [-0.1, -0.05) is 12.1 Å². The van der Waals surface area contributed by atoms with Gasteiger partial charge in [0.1, 0.15) is 11.5 Å². The SMILES string of the molecule is CNS(=O)(=O)c1ccc(CNCCc2ccc(O)cc2)o1. The summed E-state index contributed by atoms with van der Waals surface area (Å²) >= 11 is 0. The summed E-state index contributed by atoms with van der Waals surface area (Å²) in [4.78, 5) is 0. The van der Waals surface area contributed by atoms with Crippen LogP contribution in [0.5, 0.6) is 5.75 Å². The lowest BCUT2D eigenvalue weighted by atomic mass is 10.1. The van der Waals surface area contributed by atoms with E-state index in [1.165, 1.54) is 13.1 Å². The Kier molecular flexibility index (Phi) is 5.00. The first-order valence-electron chi connectivity index (χ1n) is 6.52. The molecule has 1 aromatic carbocycles. The third-order valence-corrected chi connectivity index (χ3v) is 4.28. The molecule has 2 aromatic rings. The normalized spacial score (nSPS) is 11.7. The number of nitrogens with one attached hydrogen (secondary N) is 2. The number of furan rings is 1. The highest BCUT2D eigenvalue weighted by molar-refractivity contribution is 7.89. The molecule has 0 radical (unpaired) electrons. The molecule has 0 aliphatic rings. The van der Waals surface area contributed by atoms with E-state index in [-0.39, 0.29) is 10.8 Å². The van der Waals surface area contributed by atoms with Crippen molar-refractivity contribution in [3.05, 3.63) is 47.7 Å². The molecule has 0 aliphatic heterocycles. The molecule has 114 valence electrons. The fourth-order valence-electron chi connectivity index (χ4n) is 1.81. The zero-order valence-electron chi connectivity index (χ0n) is 11.7. The van der Waals surface area contributed by atoms with Crippen LogP contribution in [0.2, 0.25) is 0 Å². The molecule has 0 saturated heterocycles. The van der Waals surface area contributed by atoms with Crippen molar-refractivity contribution < 1.29 is 17.9 Å². The lowest BCUT2D eigenvalue weighted by molar-refractivity contribution is 0.401. The van der Waals surface area contributed by atoms with Crippen LogP contribution in [0.1, 0.15) is 11.3 Å². The molecule has 21 heavy (non-hydrogen) atoms. The predicted octanol–water partition coefficient (Wildman–Crippen LogP) is 1.23. The molecule has 0 saturated carbocycles. The lowest BCUT2D eigenvalue weighted by Crippen LogP contribution is -2.18. The first-order chi connectivity index (χ1) is 10.0. The Bertz CT molecular complexity index is 677. The average molecular weight is 310 g/mol. The quantitative estimate of drug-likeness (QED) is 0.669. The van der Waals surface area contributed by atoms with Crippen molar-refractivity contribution in [2.75, 3.05) is 13.6 Å². The number of hydrogen-bond acceptors (Lipinski definition) is 5. The molecule has 0 bridgehead atoms. The second-order valence-corrected chi connectivity index (χ2v) is 6.34. The molecule has 6 nitrogen and oxygen atoms in total. The maximum absolute atomic E-state index is 11.5. The number of phenols is 1. The van der Waals surface area contributed by atoms with Gasteiger partial charge in [0.05, 0.1) is 6.54 Å². The van der Waals surface area contributed by atoms with Crippen LogP contribution < -0.4 is 10.0 Å². The van der Waals surface area contributed by atoms with Gasteiger partial charge in [-0.05, 0) is 49.8 Å². The summed E-state index contributed by atoms with van der Waals surface area (Å²) in [5, 5.41) is 12.3. The molecule has 0 aliphatic carbocycles. The van der Waals surface area contributed by atoms with Crippen molar-refractivity contribution in [3.63, 3.8) is 0 Å². The third kappa shape index (κ3) is 4.32. The van der Waals surface area contributed by atoms with Crippen molar-refractivity contribution in [3.8, 4) is 5.75 Å². The minimum Gasteiger partial charge on any atom is -0.508 e. The van der Waals surface area contributed by atoms with E-state index in [1.54, 1.807) is 18.2 Å². The maximum Gasteiger partial charge on any atom is 0.273 e. The summed E-state index contributed by atoms with van der Waals surface area (Å²) in [5.41, 5.74) is 1.11. The zero-order valence-corrected chi connectivity index (χ0v) is 12.5. The average Bonchev–Trinajstić information content (AvgIpc) is 2.95. The first-order valence-corrected chi connectivity index (χ1v) is 8.00. The number of benzene rings is 1. The summed E-state index contributed by atoms with van der Waals surface area (Å²) in [6.45, 7) is 1.18. The van der Waals surface area contributed by atoms with Crippen molar-refractivity contribution in [1.29, 1.82) is 0 Å². The Labute approximate surface area is 123 Å². The van der Waals surface area contributed by atoms with Crippen LogP contribution in [0.15, 0.2) is 45.9 Å². The zero-order chi connectivity index (χ0) is 15.3. The van der Waals surface area contributed by atoms with Gasteiger partial charge < -0.3 is 14.8 Å². The Morgan fingerprint density at radius 1 is 1.14 bits per heavy atom. The molecular formula is C14H18N2O4S. The van der Waals surface area contributed by atoms with Gasteiger partial charge in [-0.3, -0.25) is 0 Å². The van der Waals surface area contributed by atoms with Gasteiger partial charge in [0.15, 0.2) is 0 Å². The summed E-state index contributed by atoms with van der Waals surface area (Å²) in [5.74, 6) is 0.815. The molecule has 0 fully saturated rings. The van der Waals surface area contributed by atoms with Gasteiger partial charge >= 0.3 is 0 Å². The van der Waals surface area contributed by atoms with Gasteiger partial charge in [-0.15, -0.1) is 0 Å². The smallest absolute Gasteiger partial charge is 0.273 e. The molecule has 3 N–H and O–H groups in total. The molecule has 1 heterocycles. The monoisotopic (exact) mass is 310 g/mol. The van der Waals surface area contributed by atoms with Gasteiger partial charge in [-0.25, -0.2) is 13.1 Å². The molecule has 0 spiro atoms. The predicted molar refractivity (Wildman–Crippen MR) is 78.5 cm³/mol. The highest BCUT2D eigenvalue weighted by Gasteiger charge is 2.15. The summed E-state index contributed by atoms with van der Waals surface area (Å²) in [7, 11) is -2.18. The summed E-state index contributed by atoms with van der Waals surface area (Å²) in [6, 6.07) is 10.1. The fraction of sp³-hybridized carbons (Fsp3) is 0.286. The van der Waals surface area contributed by atoms with E-state index in [9.17, 15) is 13.5 Å². The number of phenolic OH excluding ortho intramolecular Hbond substituents is 1. The molecule has 1 aromatic heterocycles. The fourth-order valence-corrected chi connectivity index (χ4v) is 2.47. The highest BCUT2D eigenvalue weighted by atomic mass is 32.2. The van der Waals surface area contributed by atoms with E-state index >= 15 is 0 Å². The van der Waals surface area contributed by atoms with E-state index in [4.69, 9.17) is 4.42 Å². The maximum atomic E-state index is 11.5. The highest BCUT2D eigenvalue weighted by Crippen LogP contribution is 2.13. The van der Waals surface area contributed by atoms with Crippen molar-refractivity contribution in [1.82, 2.24) is 10.0 Å². The third-order valence-electron chi connectivity index (χ3n) is 3.00. The summed E-state index contributed by atoms with van der Waals surface area (Å²) in [6.07, 6.45) is 0.808. The minimum atomic E-state index is -3.52. The standard InChI is InChI=1S/C14H18N2O4S/c1-15-21(18,19)14-7-6-13(20-14)10-16-9-8-11-2-4-12(17)5-3-11/h2-7,15-17H,8-10H2,1H3. The van der Waals surface area contributed by atoms with Crippen LogP contribution >= 0.6 is 0 Å². The van der Waals surface area contributed by atoms with Gasteiger partial charge in [-0.2, -0.15) is 0 Å². The summed E-state index contributed by atoms with van der Waals surface area (Å²) < 4.78 is 30.5. The van der Waals surface area contributed by atoms with Crippen LogP contribution in [0, 0.1) is 0 Å². The van der Waals surface area contributed by atoms with E-state index in [0.29, 0.717) is 12.3 Å². The van der Waals surface area contributed by atoms with Crippen LogP contribution in [0.4, 0.5) is 0 Å². The van der Waals surface area contributed by atoms with Crippen molar-refractivity contribution in [2.24, 2.45) is 0 Å². The molecule has 2 rings (SSSR count). The lowest BCUT2D eigenvalue weighted by Gasteiger charge is -2.03. The Balaban J connectivity index is 1.80. The number of hydrogen-bond donors (Lipinski definition) is 3. The molecule has 0 unspecified atom stereocenters. The first kappa shape index (κ1) is 15.6. The van der Waals surface area contributed by atoms with Crippen LogP contribution in [0.25, 0.3) is 0 Å². The topological polar surface area (TPSA) is 91.6 Å². The van der Waals surface area contributed by atoms with E-state index in [1.807, 2.05) is 12.1 Å². The van der Waals surface area contributed by atoms with Gasteiger partial charge in [0, 0.05) is 0 Å². The number of sulfonamides is 1. The van der Waals surface area contributed by atoms with E-state index in [0.717, 1.165) is 18.5 Å². The van der Waals surface area contributed by atoms with Crippen molar-refractivity contribution >= 4 is 10.0 Å². The molecule has 7 heteroatoms. The second-order valence-electron chi connectivity index (χ2n) is 4.52.